The van der Waals surface area contributed by atoms with Gasteiger partial charge >= 0.3 is 0 Å². The minimum atomic E-state index is -0.441. The van der Waals surface area contributed by atoms with Crippen molar-refractivity contribution in [2.24, 2.45) is 5.92 Å². The topological polar surface area (TPSA) is 49.4 Å². The summed E-state index contributed by atoms with van der Waals surface area (Å²) in [5.41, 5.74) is 1.64. The number of carbonyl (C=O) groups excluding carboxylic acids is 2. The van der Waals surface area contributed by atoms with E-state index in [0.717, 1.165) is 25.1 Å². The number of carbonyl (C=O) groups is 2. The maximum atomic E-state index is 12.3. The van der Waals surface area contributed by atoms with Gasteiger partial charge in [-0.25, -0.2) is 0 Å². The number of benzene rings is 1. The maximum Gasteiger partial charge on any atom is 0.251 e. The molecule has 0 saturated carbocycles. The van der Waals surface area contributed by atoms with Crippen LogP contribution in [0.25, 0.3) is 0 Å². The fourth-order valence-corrected chi connectivity index (χ4v) is 2.26. The van der Waals surface area contributed by atoms with E-state index >= 15 is 0 Å². The summed E-state index contributed by atoms with van der Waals surface area (Å²) in [5.74, 6) is -0.0645. The zero-order valence-corrected chi connectivity index (χ0v) is 12.3. The summed E-state index contributed by atoms with van der Waals surface area (Å²) in [7, 11) is 0. The van der Waals surface area contributed by atoms with Crippen molar-refractivity contribution < 1.29 is 9.59 Å². The Hall–Kier alpha value is -1.84. The van der Waals surface area contributed by atoms with Gasteiger partial charge in [0.15, 0.2) is 0 Å². The van der Waals surface area contributed by atoms with E-state index in [9.17, 15) is 9.59 Å². The van der Waals surface area contributed by atoms with Crippen molar-refractivity contribution in [2.45, 2.75) is 33.2 Å². The van der Waals surface area contributed by atoms with Gasteiger partial charge in [-0.2, -0.15) is 0 Å². The normalized spacial score (nSPS) is 15.7. The largest absolute Gasteiger partial charge is 0.341 e. The standard InChI is InChI=1S/C16H22N2O2/c1-11(2)14(16(20)18-8-5-9-18)17-15(19)13-7-4-6-12(3)10-13/h4,6-7,10-11,14H,5,8-9H2,1-3H3,(H,17,19). The SMILES string of the molecule is Cc1cccc(C(=O)NC(C(=O)N2CCC2)C(C)C)c1. The second-order valence-electron chi connectivity index (χ2n) is 5.74. The number of amides is 2. The van der Waals surface area contributed by atoms with Gasteiger partial charge in [0.2, 0.25) is 5.91 Å². The summed E-state index contributed by atoms with van der Waals surface area (Å²) in [5, 5.41) is 2.88. The first-order chi connectivity index (χ1) is 9.49. The second-order valence-corrected chi connectivity index (χ2v) is 5.74. The summed E-state index contributed by atoms with van der Waals surface area (Å²) < 4.78 is 0. The van der Waals surface area contributed by atoms with Gasteiger partial charge in [-0.3, -0.25) is 9.59 Å². The molecule has 0 spiro atoms. The Kier molecular flexibility index (Phi) is 4.42. The van der Waals surface area contributed by atoms with Gasteiger partial charge < -0.3 is 10.2 Å². The molecule has 1 aromatic carbocycles. The van der Waals surface area contributed by atoms with Gasteiger partial charge in [0.25, 0.3) is 5.91 Å². The summed E-state index contributed by atoms with van der Waals surface area (Å²) in [6, 6.07) is 6.96. The molecular weight excluding hydrogens is 252 g/mol. The Morgan fingerprint density at radius 3 is 2.45 bits per heavy atom. The summed E-state index contributed by atoms with van der Waals surface area (Å²) in [4.78, 5) is 26.4. The van der Waals surface area contributed by atoms with Crippen LogP contribution in [0.15, 0.2) is 24.3 Å². The molecule has 1 aliphatic heterocycles. The van der Waals surface area contributed by atoms with Crippen molar-refractivity contribution >= 4 is 11.8 Å². The van der Waals surface area contributed by atoms with Gasteiger partial charge in [0.1, 0.15) is 6.04 Å². The van der Waals surface area contributed by atoms with Crippen LogP contribution in [0, 0.1) is 12.8 Å². The highest BCUT2D eigenvalue weighted by atomic mass is 16.2. The van der Waals surface area contributed by atoms with Crippen molar-refractivity contribution in [3.63, 3.8) is 0 Å². The van der Waals surface area contributed by atoms with E-state index in [4.69, 9.17) is 0 Å². The fraction of sp³-hybridized carbons (Fsp3) is 0.500. The molecule has 1 atom stereocenters. The molecule has 4 nitrogen and oxygen atoms in total. The van der Waals surface area contributed by atoms with E-state index in [2.05, 4.69) is 5.32 Å². The van der Waals surface area contributed by atoms with Crippen LogP contribution < -0.4 is 5.32 Å². The lowest BCUT2D eigenvalue weighted by atomic mass is 10.0. The van der Waals surface area contributed by atoms with E-state index < -0.39 is 6.04 Å². The minimum absolute atomic E-state index is 0.0345. The zero-order valence-electron chi connectivity index (χ0n) is 12.3. The highest BCUT2D eigenvalue weighted by Crippen LogP contribution is 2.14. The molecule has 20 heavy (non-hydrogen) atoms. The number of nitrogens with zero attached hydrogens (tertiary/aromatic N) is 1. The van der Waals surface area contributed by atoms with Crippen LogP contribution in [0.3, 0.4) is 0 Å². The van der Waals surface area contributed by atoms with Crippen molar-refractivity contribution in [3.05, 3.63) is 35.4 Å². The molecule has 0 bridgehead atoms. The molecule has 0 aromatic heterocycles. The molecule has 1 N–H and O–H groups in total. The third kappa shape index (κ3) is 3.18. The van der Waals surface area contributed by atoms with E-state index in [0.29, 0.717) is 5.56 Å². The zero-order chi connectivity index (χ0) is 14.7. The van der Waals surface area contributed by atoms with Crippen molar-refractivity contribution in [2.75, 3.05) is 13.1 Å². The van der Waals surface area contributed by atoms with Gasteiger partial charge in [0.05, 0.1) is 0 Å². The first-order valence-corrected chi connectivity index (χ1v) is 7.15. The maximum absolute atomic E-state index is 12.3. The first kappa shape index (κ1) is 14.6. The van der Waals surface area contributed by atoms with Gasteiger partial charge in [-0.1, -0.05) is 31.5 Å². The lowest BCUT2D eigenvalue weighted by Gasteiger charge is -2.35. The predicted octanol–water partition coefficient (Wildman–Crippen LogP) is 1.98. The molecule has 2 amide bonds. The van der Waals surface area contributed by atoms with Crippen molar-refractivity contribution in [1.82, 2.24) is 10.2 Å². The lowest BCUT2D eigenvalue weighted by Crippen LogP contribution is -2.55. The third-order valence-electron chi connectivity index (χ3n) is 3.67. The Bertz CT molecular complexity index is 507. The number of hydrogen-bond acceptors (Lipinski definition) is 2. The highest BCUT2D eigenvalue weighted by Gasteiger charge is 2.31. The van der Waals surface area contributed by atoms with Crippen LogP contribution in [0.4, 0.5) is 0 Å². The van der Waals surface area contributed by atoms with Crippen LogP contribution in [0.2, 0.25) is 0 Å². The average Bonchev–Trinajstić information content (AvgIpc) is 2.32. The molecule has 2 rings (SSSR count). The second kappa shape index (κ2) is 6.07. The molecule has 1 aromatic rings. The fourth-order valence-electron chi connectivity index (χ4n) is 2.26. The number of aryl methyl sites for hydroxylation is 1. The van der Waals surface area contributed by atoms with E-state index in [1.807, 2.05) is 39.0 Å². The molecule has 108 valence electrons. The summed E-state index contributed by atoms with van der Waals surface area (Å²) >= 11 is 0. The summed E-state index contributed by atoms with van der Waals surface area (Å²) in [6.45, 7) is 7.48. The molecule has 1 aliphatic rings. The molecule has 0 aliphatic carbocycles. The minimum Gasteiger partial charge on any atom is -0.341 e. The van der Waals surface area contributed by atoms with Crippen LogP contribution >= 0.6 is 0 Å². The van der Waals surface area contributed by atoms with Crippen LogP contribution in [-0.2, 0) is 4.79 Å². The van der Waals surface area contributed by atoms with E-state index in [-0.39, 0.29) is 17.7 Å². The molecule has 1 fully saturated rings. The smallest absolute Gasteiger partial charge is 0.251 e. The van der Waals surface area contributed by atoms with Crippen LogP contribution in [-0.4, -0.2) is 35.8 Å². The van der Waals surface area contributed by atoms with Crippen LogP contribution in [0.1, 0.15) is 36.2 Å². The number of nitrogens with one attached hydrogen (secondary N) is 1. The Balaban J connectivity index is 2.07. The highest BCUT2D eigenvalue weighted by molar-refractivity contribution is 5.97. The first-order valence-electron chi connectivity index (χ1n) is 7.15. The number of rotatable bonds is 4. The quantitative estimate of drug-likeness (QED) is 0.912. The van der Waals surface area contributed by atoms with Gasteiger partial charge in [-0.15, -0.1) is 0 Å². The Morgan fingerprint density at radius 2 is 1.95 bits per heavy atom. The molecular formula is C16H22N2O2. The van der Waals surface area contributed by atoms with Gasteiger partial charge in [-0.05, 0) is 31.4 Å². The van der Waals surface area contributed by atoms with Crippen molar-refractivity contribution in [1.29, 1.82) is 0 Å². The predicted molar refractivity (Wildman–Crippen MR) is 78.5 cm³/mol. The summed E-state index contributed by atoms with van der Waals surface area (Å²) in [6.07, 6.45) is 1.06. The molecule has 1 unspecified atom stereocenters. The average molecular weight is 274 g/mol. The molecule has 1 heterocycles. The van der Waals surface area contributed by atoms with E-state index in [1.54, 1.807) is 11.0 Å². The Labute approximate surface area is 120 Å². The lowest BCUT2D eigenvalue weighted by molar-refractivity contribution is -0.137. The van der Waals surface area contributed by atoms with E-state index in [1.165, 1.54) is 0 Å². The monoisotopic (exact) mass is 274 g/mol. The molecule has 4 heteroatoms. The Morgan fingerprint density at radius 1 is 1.25 bits per heavy atom. The number of likely N-dealkylation sites (tertiary alicyclic amines) is 1. The molecule has 1 saturated heterocycles. The van der Waals surface area contributed by atoms with Crippen molar-refractivity contribution in [3.8, 4) is 0 Å². The number of hydrogen-bond donors (Lipinski definition) is 1. The van der Waals surface area contributed by atoms with Gasteiger partial charge in [0, 0.05) is 18.7 Å². The molecule has 0 radical (unpaired) electrons. The van der Waals surface area contributed by atoms with Crippen LogP contribution in [0.5, 0.6) is 0 Å². The third-order valence-corrected chi connectivity index (χ3v) is 3.67.